The molecule has 28 heavy (non-hydrogen) atoms. The standard InChI is InChI=1S/C25H25NO2/c1-18-8-12-21(13-9-18)23(16-24(27)22-14-10-19(2)11-15-22)25(28)26-17-20-6-4-3-5-7-20/h3-15,23H,16-17H2,1-2H3,(H,26,28). The summed E-state index contributed by atoms with van der Waals surface area (Å²) in [6.45, 7) is 4.44. The summed E-state index contributed by atoms with van der Waals surface area (Å²) >= 11 is 0. The smallest absolute Gasteiger partial charge is 0.228 e. The molecule has 1 amide bonds. The monoisotopic (exact) mass is 371 g/mol. The van der Waals surface area contributed by atoms with Crippen molar-refractivity contribution in [2.75, 3.05) is 0 Å². The minimum absolute atomic E-state index is 0.0274. The van der Waals surface area contributed by atoms with Gasteiger partial charge in [-0.2, -0.15) is 0 Å². The Bertz CT molecular complexity index is 929. The molecule has 3 rings (SSSR count). The third-order valence-corrected chi connectivity index (χ3v) is 4.87. The molecule has 1 atom stereocenters. The van der Waals surface area contributed by atoms with E-state index in [9.17, 15) is 9.59 Å². The predicted molar refractivity (Wildman–Crippen MR) is 112 cm³/mol. The molecule has 0 aliphatic carbocycles. The summed E-state index contributed by atoms with van der Waals surface area (Å²) in [6, 6.07) is 25.1. The van der Waals surface area contributed by atoms with Crippen molar-refractivity contribution >= 4 is 11.7 Å². The fourth-order valence-electron chi connectivity index (χ4n) is 3.11. The molecule has 0 aromatic heterocycles. The highest BCUT2D eigenvalue weighted by Crippen LogP contribution is 2.23. The molecule has 0 bridgehead atoms. The van der Waals surface area contributed by atoms with Crippen LogP contribution in [0.3, 0.4) is 0 Å². The first kappa shape index (κ1) is 19.6. The van der Waals surface area contributed by atoms with Crippen LogP contribution >= 0.6 is 0 Å². The van der Waals surface area contributed by atoms with Gasteiger partial charge in [0.05, 0.1) is 5.92 Å². The highest BCUT2D eigenvalue weighted by atomic mass is 16.2. The summed E-state index contributed by atoms with van der Waals surface area (Å²) in [7, 11) is 0. The Labute approximate surface area is 166 Å². The van der Waals surface area contributed by atoms with Crippen LogP contribution in [0.25, 0.3) is 0 Å². The maximum absolute atomic E-state index is 13.0. The van der Waals surface area contributed by atoms with E-state index in [4.69, 9.17) is 0 Å². The lowest BCUT2D eigenvalue weighted by Crippen LogP contribution is -2.30. The van der Waals surface area contributed by atoms with Gasteiger partial charge < -0.3 is 5.32 Å². The second kappa shape index (κ2) is 9.14. The predicted octanol–water partition coefficient (Wildman–Crippen LogP) is 4.98. The summed E-state index contributed by atoms with van der Waals surface area (Å²) in [5.41, 5.74) is 4.75. The molecule has 0 radical (unpaired) electrons. The van der Waals surface area contributed by atoms with Gasteiger partial charge >= 0.3 is 0 Å². The van der Waals surface area contributed by atoms with Crippen LogP contribution in [0.4, 0.5) is 0 Å². The van der Waals surface area contributed by atoms with Gasteiger partial charge in [-0.1, -0.05) is 90.0 Å². The Morgan fingerprint density at radius 2 is 1.36 bits per heavy atom. The number of hydrogen-bond donors (Lipinski definition) is 1. The lowest BCUT2D eigenvalue weighted by molar-refractivity contribution is -0.122. The number of carbonyl (C=O) groups excluding carboxylic acids is 2. The highest BCUT2D eigenvalue weighted by molar-refractivity contribution is 6.00. The zero-order chi connectivity index (χ0) is 19.9. The molecule has 3 heteroatoms. The van der Waals surface area contributed by atoms with Crippen LogP contribution in [0.1, 0.15) is 45.0 Å². The van der Waals surface area contributed by atoms with Gasteiger partial charge in [0.25, 0.3) is 0 Å². The number of benzene rings is 3. The second-order valence-corrected chi connectivity index (χ2v) is 7.16. The Morgan fingerprint density at radius 1 is 0.786 bits per heavy atom. The summed E-state index contributed by atoms with van der Waals surface area (Å²) in [5.74, 6) is -0.674. The summed E-state index contributed by atoms with van der Waals surface area (Å²) in [4.78, 5) is 25.8. The minimum Gasteiger partial charge on any atom is -0.351 e. The van der Waals surface area contributed by atoms with Gasteiger partial charge in [-0.15, -0.1) is 0 Å². The van der Waals surface area contributed by atoms with Crippen molar-refractivity contribution in [2.45, 2.75) is 32.7 Å². The molecule has 0 heterocycles. The minimum atomic E-state index is -0.516. The number of amides is 1. The SMILES string of the molecule is Cc1ccc(C(=O)CC(C(=O)NCc2ccccc2)c2ccc(C)cc2)cc1. The molecule has 0 aliphatic rings. The maximum atomic E-state index is 13.0. The third-order valence-electron chi connectivity index (χ3n) is 4.87. The summed E-state index contributed by atoms with van der Waals surface area (Å²) in [5, 5.41) is 2.99. The van der Waals surface area contributed by atoms with E-state index in [1.807, 2.05) is 92.7 Å². The van der Waals surface area contributed by atoms with Gasteiger partial charge in [-0.3, -0.25) is 9.59 Å². The van der Waals surface area contributed by atoms with E-state index >= 15 is 0 Å². The average Bonchev–Trinajstić information content (AvgIpc) is 2.72. The van der Waals surface area contributed by atoms with E-state index < -0.39 is 5.92 Å². The molecule has 0 spiro atoms. The van der Waals surface area contributed by atoms with Crippen molar-refractivity contribution < 1.29 is 9.59 Å². The molecule has 3 nitrogen and oxygen atoms in total. The van der Waals surface area contributed by atoms with E-state index in [1.54, 1.807) is 0 Å². The van der Waals surface area contributed by atoms with Crippen molar-refractivity contribution in [1.82, 2.24) is 5.32 Å². The van der Waals surface area contributed by atoms with Gasteiger partial charge in [0.2, 0.25) is 5.91 Å². The van der Waals surface area contributed by atoms with Gasteiger partial charge in [-0.05, 0) is 25.0 Å². The molecule has 0 aliphatic heterocycles. The molecule has 0 fully saturated rings. The lowest BCUT2D eigenvalue weighted by atomic mass is 9.90. The van der Waals surface area contributed by atoms with Gasteiger partial charge in [0, 0.05) is 18.5 Å². The number of hydrogen-bond acceptors (Lipinski definition) is 2. The number of nitrogens with one attached hydrogen (secondary N) is 1. The van der Waals surface area contributed by atoms with E-state index in [0.29, 0.717) is 12.1 Å². The molecule has 3 aromatic carbocycles. The molecule has 3 aromatic rings. The fourth-order valence-corrected chi connectivity index (χ4v) is 3.11. The summed E-state index contributed by atoms with van der Waals surface area (Å²) in [6.07, 6.45) is 0.146. The molecule has 1 unspecified atom stereocenters. The number of Topliss-reactive ketones (excluding diaryl/α,β-unsaturated/α-hetero) is 1. The number of rotatable bonds is 7. The Morgan fingerprint density at radius 3 is 1.96 bits per heavy atom. The van der Waals surface area contributed by atoms with Crippen molar-refractivity contribution in [3.8, 4) is 0 Å². The van der Waals surface area contributed by atoms with Gasteiger partial charge in [0.1, 0.15) is 0 Å². The zero-order valence-electron chi connectivity index (χ0n) is 16.3. The molecule has 1 N–H and O–H groups in total. The number of aryl methyl sites for hydroxylation is 2. The van der Waals surface area contributed by atoms with E-state index in [1.165, 1.54) is 0 Å². The quantitative estimate of drug-likeness (QED) is 0.596. The van der Waals surface area contributed by atoms with Crippen molar-refractivity contribution in [3.05, 3.63) is 107 Å². The van der Waals surface area contributed by atoms with Crippen LogP contribution in [-0.2, 0) is 11.3 Å². The number of ketones is 1. The van der Waals surface area contributed by atoms with Crippen LogP contribution < -0.4 is 5.32 Å². The van der Waals surface area contributed by atoms with Crippen molar-refractivity contribution in [3.63, 3.8) is 0 Å². The van der Waals surface area contributed by atoms with E-state index in [2.05, 4.69) is 5.32 Å². The molecular weight excluding hydrogens is 346 g/mol. The van der Waals surface area contributed by atoms with Crippen molar-refractivity contribution in [2.24, 2.45) is 0 Å². The van der Waals surface area contributed by atoms with E-state index in [0.717, 1.165) is 22.3 Å². The molecular formula is C25H25NO2. The third kappa shape index (κ3) is 5.17. The van der Waals surface area contributed by atoms with Crippen LogP contribution in [0.2, 0.25) is 0 Å². The fraction of sp³-hybridized carbons (Fsp3) is 0.200. The normalized spacial score (nSPS) is 11.6. The Hall–Kier alpha value is -3.20. The first-order valence-electron chi connectivity index (χ1n) is 9.51. The van der Waals surface area contributed by atoms with Crippen LogP contribution in [0, 0.1) is 13.8 Å². The highest BCUT2D eigenvalue weighted by Gasteiger charge is 2.24. The first-order chi connectivity index (χ1) is 13.5. The van der Waals surface area contributed by atoms with Crippen LogP contribution in [0.5, 0.6) is 0 Å². The molecule has 142 valence electrons. The van der Waals surface area contributed by atoms with Crippen LogP contribution in [-0.4, -0.2) is 11.7 Å². The molecule has 0 saturated carbocycles. The molecule has 0 saturated heterocycles. The topological polar surface area (TPSA) is 46.2 Å². The second-order valence-electron chi connectivity index (χ2n) is 7.16. The number of carbonyl (C=O) groups is 2. The average molecular weight is 371 g/mol. The van der Waals surface area contributed by atoms with E-state index in [-0.39, 0.29) is 18.1 Å². The van der Waals surface area contributed by atoms with Gasteiger partial charge in [0.15, 0.2) is 5.78 Å². The Balaban J connectivity index is 1.78. The Kier molecular flexibility index (Phi) is 6.38. The summed E-state index contributed by atoms with van der Waals surface area (Å²) < 4.78 is 0. The lowest BCUT2D eigenvalue weighted by Gasteiger charge is -2.17. The largest absolute Gasteiger partial charge is 0.351 e. The van der Waals surface area contributed by atoms with Crippen molar-refractivity contribution in [1.29, 1.82) is 0 Å². The van der Waals surface area contributed by atoms with Crippen LogP contribution in [0.15, 0.2) is 78.9 Å². The zero-order valence-corrected chi connectivity index (χ0v) is 16.3. The first-order valence-corrected chi connectivity index (χ1v) is 9.51. The van der Waals surface area contributed by atoms with Gasteiger partial charge in [-0.25, -0.2) is 0 Å². The maximum Gasteiger partial charge on any atom is 0.228 e.